The molecule has 0 saturated heterocycles. The van der Waals surface area contributed by atoms with Crippen molar-refractivity contribution in [1.29, 1.82) is 0 Å². The van der Waals surface area contributed by atoms with E-state index >= 15 is 0 Å². The fraction of sp³-hybridized carbons (Fsp3) is 0.421. The number of ether oxygens (including phenoxy) is 1. The van der Waals surface area contributed by atoms with Crippen molar-refractivity contribution < 1.29 is 9.53 Å². The molecule has 0 unspecified atom stereocenters. The standard InChI is InChI=1S/C19H26N2O2/c1-6-13-21(14-16-11-9-8-10-12-16)15-17(7-2)20-18(22)23-19(3,4)5/h1,7-12,17H,2,13-15H2,3-5H3,(H,20,22)/t17-/m0/s1. The van der Waals surface area contributed by atoms with Gasteiger partial charge in [0, 0.05) is 13.1 Å². The highest BCUT2D eigenvalue weighted by atomic mass is 16.6. The van der Waals surface area contributed by atoms with E-state index in [0.29, 0.717) is 19.6 Å². The van der Waals surface area contributed by atoms with Crippen LogP contribution in [0.25, 0.3) is 0 Å². The van der Waals surface area contributed by atoms with Crippen molar-refractivity contribution in [1.82, 2.24) is 10.2 Å². The third-order valence-electron chi connectivity index (χ3n) is 3.01. The SMILES string of the molecule is C#CCN(Cc1ccccc1)C[C@H](C=C)NC(=O)OC(C)(C)C. The van der Waals surface area contributed by atoms with Gasteiger partial charge in [-0.1, -0.05) is 42.3 Å². The molecule has 1 N–H and O–H groups in total. The lowest BCUT2D eigenvalue weighted by Gasteiger charge is -2.26. The van der Waals surface area contributed by atoms with Gasteiger partial charge < -0.3 is 10.1 Å². The van der Waals surface area contributed by atoms with Crippen molar-refractivity contribution in [3.8, 4) is 12.3 Å². The maximum Gasteiger partial charge on any atom is 0.408 e. The van der Waals surface area contributed by atoms with Crippen LogP contribution in [0.2, 0.25) is 0 Å². The summed E-state index contributed by atoms with van der Waals surface area (Å²) in [6.07, 6.45) is 6.69. The Balaban J connectivity index is 2.63. The molecule has 1 atom stereocenters. The highest BCUT2D eigenvalue weighted by molar-refractivity contribution is 5.68. The van der Waals surface area contributed by atoms with Crippen LogP contribution in [-0.4, -0.2) is 35.7 Å². The molecule has 0 aliphatic heterocycles. The van der Waals surface area contributed by atoms with E-state index < -0.39 is 11.7 Å². The molecule has 124 valence electrons. The van der Waals surface area contributed by atoms with Crippen molar-refractivity contribution in [2.24, 2.45) is 0 Å². The molecule has 0 aliphatic rings. The van der Waals surface area contributed by atoms with E-state index in [1.807, 2.05) is 51.1 Å². The lowest BCUT2D eigenvalue weighted by Crippen LogP contribution is -2.44. The van der Waals surface area contributed by atoms with Gasteiger partial charge in [-0.3, -0.25) is 4.90 Å². The normalized spacial score (nSPS) is 12.3. The molecule has 4 heteroatoms. The minimum Gasteiger partial charge on any atom is -0.444 e. The van der Waals surface area contributed by atoms with E-state index in [1.165, 1.54) is 5.56 Å². The minimum absolute atomic E-state index is 0.234. The molecule has 0 fully saturated rings. The number of nitrogens with zero attached hydrogens (tertiary/aromatic N) is 1. The van der Waals surface area contributed by atoms with Crippen LogP contribution in [0.4, 0.5) is 4.79 Å². The van der Waals surface area contributed by atoms with Crippen LogP contribution in [0.5, 0.6) is 0 Å². The van der Waals surface area contributed by atoms with Crippen LogP contribution in [-0.2, 0) is 11.3 Å². The number of carbonyl (C=O) groups is 1. The second-order valence-corrected chi connectivity index (χ2v) is 6.35. The van der Waals surface area contributed by atoms with Crippen LogP contribution in [0, 0.1) is 12.3 Å². The zero-order chi connectivity index (χ0) is 17.3. The maximum absolute atomic E-state index is 11.9. The van der Waals surface area contributed by atoms with Crippen LogP contribution in [0.1, 0.15) is 26.3 Å². The van der Waals surface area contributed by atoms with Gasteiger partial charge in [0.15, 0.2) is 0 Å². The fourth-order valence-electron chi connectivity index (χ4n) is 2.07. The van der Waals surface area contributed by atoms with Crippen LogP contribution < -0.4 is 5.32 Å². The summed E-state index contributed by atoms with van der Waals surface area (Å²) in [5, 5.41) is 2.81. The van der Waals surface area contributed by atoms with Gasteiger partial charge in [0.25, 0.3) is 0 Å². The van der Waals surface area contributed by atoms with Crippen LogP contribution in [0.15, 0.2) is 43.0 Å². The summed E-state index contributed by atoms with van der Waals surface area (Å²) >= 11 is 0. The molecule has 4 nitrogen and oxygen atoms in total. The van der Waals surface area contributed by atoms with Gasteiger partial charge in [0.2, 0.25) is 0 Å². The number of alkyl carbamates (subject to hydrolysis) is 1. The Bertz CT molecular complexity index is 541. The van der Waals surface area contributed by atoms with E-state index in [2.05, 4.69) is 22.7 Å². The molecule has 1 amide bonds. The number of nitrogens with one attached hydrogen (secondary N) is 1. The van der Waals surface area contributed by atoms with E-state index in [4.69, 9.17) is 11.2 Å². The summed E-state index contributed by atoms with van der Waals surface area (Å²) in [5.74, 6) is 2.66. The molecule has 0 radical (unpaired) electrons. The molecule has 0 spiro atoms. The average Bonchev–Trinajstić information content (AvgIpc) is 2.45. The van der Waals surface area contributed by atoms with Gasteiger partial charge in [-0.15, -0.1) is 13.0 Å². The third kappa shape index (κ3) is 8.08. The number of carbonyl (C=O) groups excluding carboxylic acids is 1. The van der Waals surface area contributed by atoms with Crippen molar-refractivity contribution >= 4 is 6.09 Å². The predicted molar refractivity (Wildman–Crippen MR) is 93.9 cm³/mol. The lowest BCUT2D eigenvalue weighted by atomic mass is 10.2. The summed E-state index contributed by atoms with van der Waals surface area (Å²) in [6.45, 7) is 11.0. The van der Waals surface area contributed by atoms with Gasteiger partial charge in [0.05, 0.1) is 12.6 Å². The fourth-order valence-corrected chi connectivity index (χ4v) is 2.07. The largest absolute Gasteiger partial charge is 0.444 e. The third-order valence-corrected chi connectivity index (χ3v) is 3.01. The van der Waals surface area contributed by atoms with E-state index in [0.717, 1.165) is 0 Å². The molecule has 0 heterocycles. The Hall–Kier alpha value is -2.25. The molecule has 1 aromatic rings. The summed E-state index contributed by atoms with van der Waals surface area (Å²) in [4.78, 5) is 14.0. The van der Waals surface area contributed by atoms with Gasteiger partial charge >= 0.3 is 6.09 Å². The first-order valence-corrected chi connectivity index (χ1v) is 7.66. The molecule has 0 bridgehead atoms. The van der Waals surface area contributed by atoms with Gasteiger partial charge in [0.1, 0.15) is 5.60 Å². The quantitative estimate of drug-likeness (QED) is 0.621. The number of hydrogen-bond acceptors (Lipinski definition) is 3. The topological polar surface area (TPSA) is 41.6 Å². The Kier molecular flexibility index (Phi) is 7.37. The Morgan fingerprint density at radius 3 is 2.61 bits per heavy atom. The Morgan fingerprint density at radius 2 is 2.09 bits per heavy atom. The number of rotatable bonds is 7. The first-order valence-electron chi connectivity index (χ1n) is 7.66. The number of benzene rings is 1. The van der Waals surface area contributed by atoms with Crippen molar-refractivity contribution in [2.45, 2.75) is 39.0 Å². The zero-order valence-corrected chi connectivity index (χ0v) is 14.2. The Morgan fingerprint density at radius 1 is 1.43 bits per heavy atom. The van der Waals surface area contributed by atoms with Gasteiger partial charge in [-0.25, -0.2) is 4.79 Å². The molecule has 0 aromatic heterocycles. The van der Waals surface area contributed by atoms with Crippen molar-refractivity contribution in [2.75, 3.05) is 13.1 Å². The van der Waals surface area contributed by atoms with Crippen molar-refractivity contribution in [3.05, 3.63) is 48.6 Å². The smallest absolute Gasteiger partial charge is 0.408 e. The lowest BCUT2D eigenvalue weighted by molar-refractivity contribution is 0.0505. The molecule has 23 heavy (non-hydrogen) atoms. The van der Waals surface area contributed by atoms with Crippen molar-refractivity contribution in [3.63, 3.8) is 0 Å². The van der Waals surface area contributed by atoms with Crippen LogP contribution in [0.3, 0.4) is 0 Å². The van der Waals surface area contributed by atoms with E-state index in [1.54, 1.807) is 6.08 Å². The Labute approximate surface area is 139 Å². The summed E-state index contributed by atoms with van der Waals surface area (Å²) in [7, 11) is 0. The molecular weight excluding hydrogens is 288 g/mol. The monoisotopic (exact) mass is 314 g/mol. The summed E-state index contributed by atoms with van der Waals surface area (Å²) in [5.41, 5.74) is 0.640. The second kappa shape index (κ2) is 9.02. The highest BCUT2D eigenvalue weighted by Gasteiger charge is 2.19. The average molecular weight is 314 g/mol. The molecule has 1 rings (SSSR count). The number of terminal acetylenes is 1. The van der Waals surface area contributed by atoms with E-state index in [-0.39, 0.29) is 6.04 Å². The number of amides is 1. The first-order chi connectivity index (χ1) is 10.8. The zero-order valence-electron chi connectivity index (χ0n) is 14.2. The highest BCUT2D eigenvalue weighted by Crippen LogP contribution is 2.08. The molecule has 0 aliphatic carbocycles. The maximum atomic E-state index is 11.9. The molecule has 1 aromatic carbocycles. The molecule has 0 saturated carbocycles. The molecular formula is C19H26N2O2. The number of hydrogen-bond donors (Lipinski definition) is 1. The summed E-state index contributed by atoms with van der Waals surface area (Å²) < 4.78 is 5.27. The van der Waals surface area contributed by atoms with Crippen LogP contribution >= 0.6 is 0 Å². The van der Waals surface area contributed by atoms with Gasteiger partial charge in [-0.05, 0) is 26.3 Å². The first kappa shape index (κ1) is 18.8. The summed E-state index contributed by atoms with van der Waals surface area (Å²) in [6, 6.07) is 9.83. The minimum atomic E-state index is -0.529. The van der Waals surface area contributed by atoms with Gasteiger partial charge in [-0.2, -0.15) is 0 Å². The second-order valence-electron chi connectivity index (χ2n) is 6.35. The van der Waals surface area contributed by atoms with E-state index in [9.17, 15) is 4.79 Å². The predicted octanol–water partition coefficient (Wildman–Crippen LogP) is 3.20.